The van der Waals surface area contributed by atoms with Crippen molar-refractivity contribution in [2.45, 2.75) is 52.5 Å². The predicted octanol–water partition coefficient (Wildman–Crippen LogP) is 5.12. The maximum absolute atomic E-state index is 12.7. The summed E-state index contributed by atoms with van der Waals surface area (Å²) in [5, 5.41) is 1.27. The molecule has 1 aliphatic heterocycles. The third kappa shape index (κ3) is 5.65. The zero-order valence-electron chi connectivity index (χ0n) is 19.8. The number of hydrogen-bond acceptors (Lipinski definition) is 3. The molecule has 5 nitrogen and oxygen atoms in total. The fourth-order valence-corrected chi connectivity index (χ4v) is 4.76. The minimum atomic E-state index is -0.119. The summed E-state index contributed by atoms with van der Waals surface area (Å²) < 4.78 is 7.44. The van der Waals surface area contributed by atoms with Crippen LogP contribution in [0.15, 0.2) is 54.7 Å². The number of amides is 1. The van der Waals surface area contributed by atoms with Crippen LogP contribution in [0.1, 0.15) is 49.3 Å². The lowest BCUT2D eigenvalue weighted by Gasteiger charge is -2.31. The van der Waals surface area contributed by atoms with E-state index in [9.17, 15) is 9.59 Å². The Kier molecular flexibility index (Phi) is 7.48. The van der Waals surface area contributed by atoms with Gasteiger partial charge in [0.15, 0.2) is 0 Å². The molecule has 0 spiro atoms. The van der Waals surface area contributed by atoms with Crippen LogP contribution >= 0.6 is 0 Å². The van der Waals surface area contributed by atoms with E-state index >= 15 is 0 Å². The fraction of sp³-hybridized carbons (Fsp3) is 0.429. The number of fused-ring (bicyclic) bond motifs is 1. The summed E-state index contributed by atoms with van der Waals surface area (Å²) in [5.41, 5.74) is 5.09. The number of likely N-dealkylation sites (tertiary alicyclic amines) is 1. The van der Waals surface area contributed by atoms with Gasteiger partial charge in [-0.05, 0) is 56.7 Å². The predicted molar refractivity (Wildman–Crippen MR) is 131 cm³/mol. The first-order valence-electron chi connectivity index (χ1n) is 12.1. The van der Waals surface area contributed by atoms with E-state index in [4.69, 9.17) is 4.74 Å². The Balaban J connectivity index is 1.33. The summed E-state index contributed by atoms with van der Waals surface area (Å²) in [7, 11) is 0. The first kappa shape index (κ1) is 23.1. The van der Waals surface area contributed by atoms with Gasteiger partial charge in [0.2, 0.25) is 5.91 Å². The summed E-state index contributed by atoms with van der Waals surface area (Å²) in [6.07, 6.45) is 5.91. The number of carbonyl (C=O) groups excluding carboxylic acids is 2. The number of benzene rings is 2. The van der Waals surface area contributed by atoms with Gasteiger partial charge in [0.25, 0.3) is 0 Å². The van der Waals surface area contributed by atoms with Crippen molar-refractivity contribution in [2.75, 3.05) is 19.7 Å². The molecular weight excluding hydrogens is 412 g/mol. The number of ether oxygens (including phenoxy) is 1. The summed E-state index contributed by atoms with van der Waals surface area (Å²) >= 11 is 0. The molecule has 5 heteroatoms. The van der Waals surface area contributed by atoms with Crippen LogP contribution in [0.2, 0.25) is 0 Å². The number of aromatic nitrogens is 1. The lowest BCUT2D eigenvalue weighted by Crippen LogP contribution is -2.40. The van der Waals surface area contributed by atoms with Gasteiger partial charge in [0.1, 0.15) is 0 Å². The maximum Gasteiger partial charge on any atom is 0.309 e. The normalized spacial score (nSPS) is 14.5. The van der Waals surface area contributed by atoms with Gasteiger partial charge >= 0.3 is 5.97 Å². The quantitative estimate of drug-likeness (QED) is 0.451. The van der Waals surface area contributed by atoms with Gasteiger partial charge in [0.05, 0.1) is 12.5 Å². The highest BCUT2D eigenvalue weighted by Gasteiger charge is 2.27. The number of rotatable bonds is 8. The Bertz CT molecular complexity index is 1090. The second-order valence-corrected chi connectivity index (χ2v) is 9.05. The topological polar surface area (TPSA) is 51.5 Å². The Morgan fingerprint density at radius 1 is 1.03 bits per heavy atom. The minimum Gasteiger partial charge on any atom is -0.466 e. The zero-order valence-corrected chi connectivity index (χ0v) is 19.8. The third-order valence-corrected chi connectivity index (χ3v) is 6.65. The van der Waals surface area contributed by atoms with Crippen molar-refractivity contribution >= 4 is 22.8 Å². The zero-order chi connectivity index (χ0) is 23.2. The molecule has 174 valence electrons. The van der Waals surface area contributed by atoms with Crippen LogP contribution < -0.4 is 0 Å². The minimum absolute atomic E-state index is 0.0614. The second kappa shape index (κ2) is 10.7. The van der Waals surface area contributed by atoms with Crippen molar-refractivity contribution in [3.8, 4) is 0 Å². The van der Waals surface area contributed by atoms with Gasteiger partial charge in [0, 0.05) is 43.2 Å². The Morgan fingerprint density at radius 3 is 2.48 bits per heavy atom. The average molecular weight is 447 g/mol. The summed E-state index contributed by atoms with van der Waals surface area (Å²) in [5.74, 6) is 0.0148. The molecule has 3 aromatic rings. The monoisotopic (exact) mass is 446 g/mol. The van der Waals surface area contributed by atoms with Gasteiger partial charge in [-0.25, -0.2) is 0 Å². The van der Waals surface area contributed by atoms with E-state index in [1.807, 2.05) is 11.8 Å². The van der Waals surface area contributed by atoms with Crippen molar-refractivity contribution in [1.29, 1.82) is 0 Å². The van der Waals surface area contributed by atoms with Gasteiger partial charge < -0.3 is 14.2 Å². The highest BCUT2D eigenvalue weighted by molar-refractivity contribution is 5.84. The molecule has 0 unspecified atom stereocenters. The average Bonchev–Trinajstić information content (AvgIpc) is 3.18. The van der Waals surface area contributed by atoms with E-state index in [1.165, 1.54) is 27.6 Å². The van der Waals surface area contributed by atoms with E-state index in [-0.39, 0.29) is 17.8 Å². The van der Waals surface area contributed by atoms with Crippen LogP contribution in [0.3, 0.4) is 0 Å². The molecule has 0 radical (unpaired) electrons. The van der Waals surface area contributed by atoms with Crippen molar-refractivity contribution in [3.05, 3.63) is 71.4 Å². The van der Waals surface area contributed by atoms with Crippen molar-refractivity contribution in [2.24, 2.45) is 5.92 Å². The molecule has 0 aliphatic carbocycles. The lowest BCUT2D eigenvalue weighted by molar-refractivity contribution is -0.151. The van der Waals surface area contributed by atoms with E-state index in [1.54, 1.807) is 0 Å². The molecule has 0 N–H and O–H groups in total. The van der Waals surface area contributed by atoms with E-state index in [0.29, 0.717) is 39.0 Å². The molecule has 4 rings (SSSR count). The van der Waals surface area contributed by atoms with Gasteiger partial charge in [-0.3, -0.25) is 9.59 Å². The lowest BCUT2D eigenvalue weighted by atomic mass is 9.96. The Morgan fingerprint density at radius 2 is 1.76 bits per heavy atom. The van der Waals surface area contributed by atoms with Crippen LogP contribution in [0, 0.1) is 12.8 Å². The molecule has 1 aromatic heterocycles. The molecule has 1 saturated heterocycles. The number of piperidine rings is 1. The molecule has 1 amide bonds. The Hall–Kier alpha value is -3.08. The molecule has 2 heterocycles. The number of esters is 1. The smallest absolute Gasteiger partial charge is 0.309 e. The van der Waals surface area contributed by atoms with E-state index < -0.39 is 0 Å². The molecule has 0 atom stereocenters. The summed E-state index contributed by atoms with van der Waals surface area (Å²) in [6.45, 7) is 6.50. The van der Waals surface area contributed by atoms with Gasteiger partial charge in [-0.1, -0.05) is 48.0 Å². The largest absolute Gasteiger partial charge is 0.466 e. The van der Waals surface area contributed by atoms with Gasteiger partial charge in [-0.2, -0.15) is 0 Å². The SMILES string of the molecule is CCOC(=O)C1CCN(C(=O)CCCc2cn(Cc3ccc(C)cc3)c3ccccc23)CC1. The molecule has 1 fully saturated rings. The van der Waals surface area contributed by atoms with Crippen LogP contribution in [0.25, 0.3) is 10.9 Å². The number of nitrogens with zero attached hydrogens (tertiary/aromatic N) is 2. The molecule has 2 aromatic carbocycles. The molecule has 33 heavy (non-hydrogen) atoms. The molecule has 1 aliphatic rings. The van der Waals surface area contributed by atoms with Crippen LogP contribution in [0.4, 0.5) is 0 Å². The highest BCUT2D eigenvalue weighted by Crippen LogP contribution is 2.25. The number of para-hydroxylation sites is 1. The molecular formula is C28H34N2O3. The molecule has 0 bridgehead atoms. The van der Waals surface area contributed by atoms with Crippen molar-refractivity contribution < 1.29 is 14.3 Å². The number of carbonyl (C=O) groups is 2. The standard InChI is InChI=1S/C28H34N2O3/c1-3-33-28(32)23-15-17-29(18-16-23)27(31)10-6-7-24-20-30(26-9-5-4-8-25(24)26)19-22-13-11-21(2)12-14-22/h4-5,8-9,11-14,20,23H,3,6-7,10,15-19H2,1-2H3. The second-order valence-electron chi connectivity index (χ2n) is 9.05. The Labute approximate surface area is 196 Å². The van der Waals surface area contributed by atoms with Crippen molar-refractivity contribution in [1.82, 2.24) is 9.47 Å². The number of aryl methyl sites for hydroxylation is 2. The van der Waals surface area contributed by atoms with Gasteiger partial charge in [-0.15, -0.1) is 0 Å². The number of hydrogen-bond donors (Lipinski definition) is 0. The fourth-order valence-electron chi connectivity index (χ4n) is 4.76. The van der Waals surface area contributed by atoms with Crippen LogP contribution in [-0.2, 0) is 27.3 Å². The van der Waals surface area contributed by atoms with Crippen LogP contribution in [0.5, 0.6) is 0 Å². The first-order valence-corrected chi connectivity index (χ1v) is 12.1. The first-order chi connectivity index (χ1) is 16.0. The maximum atomic E-state index is 12.7. The van der Waals surface area contributed by atoms with Crippen LogP contribution in [-0.4, -0.2) is 41.0 Å². The third-order valence-electron chi connectivity index (χ3n) is 6.65. The summed E-state index contributed by atoms with van der Waals surface area (Å²) in [6, 6.07) is 17.2. The van der Waals surface area contributed by atoms with E-state index in [2.05, 4.69) is 66.2 Å². The molecule has 0 saturated carbocycles. The summed E-state index contributed by atoms with van der Waals surface area (Å²) in [4.78, 5) is 26.6. The highest BCUT2D eigenvalue weighted by atomic mass is 16.5. The van der Waals surface area contributed by atoms with E-state index in [0.717, 1.165) is 19.4 Å². The van der Waals surface area contributed by atoms with Crippen molar-refractivity contribution in [3.63, 3.8) is 0 Å².